The molecule has 4 heteroatoms. The molecule has 0 fully saturated rings. The van der Waals surface area contributed by atoms with E-state index in [1.165, 1.54) is 5.39 Å². The molecule has 0 unspecified atom stereocenters. The summed E-state index contributed by atoms with van der Waals surface area (Å²) in [6, 6.07) is 45.2. The van der Waals surface area contributed by atoms with E-state index in [2.05, 4.69) is 66.7 Å². The number of rotatable bonds is 4. The predicted octanol–water partition coefficient (Wildman–Crippen LogP) is 8.24. The summed E-state index contributed by atoms with van der Waals surface area (Å²) in [6.07, 6.45) is 0. The van der Waals surface area contributed by atoms with Crippen molar-refractivity contribution in [3.8, 4) is 45.4 Å². The average molecular weight is 487 g/mol. The highest BCUT2D eigenvalue weighted by Crippen LogP contribution is 2.33. The van der Waals surface area contributed by atoms with Crippen LogP contribution in [0.2, 0.25) is 0 Å². The van der Waals surface area contributed by atoms with Crippen molar-refractivity contribution in [3.63, 3.8) is 0 Å². The minimum absolute atomic E-state index is 0.639. The fourth-order valence-corrected chi connectivity index (χ4v) is 4.84. The summed E-state index contributed by atoms with van der Waals surface area (Å²) in [4.78, 5) is 19.5. The first kappa shape index (κ1) is 22.0. The van der Waals surface area contributed by atoms with Crippen LogP contribution in [0.25, 0.3) is 67.1 Å². The van der Waals surface area contributed by atoms with Gasteiger partial charge in [-0.25, -0.2) is 19.9 Å². The van der Waals surface area contributed by atoms with E-state index in [0.717, 1.165) is 44.2 Å². The van der Waals surface area contributed by atoms with Crippen molar-refractivity contribution in [2.24, 2.45) is 0 Å². The van der Waals surface area contributed by atoms with Crippen molar-refractivity contribution < 1.29 is 0 Å². The van der Waals surface area contributed by atoms with E-state index in [4.69, 9.17) is 19.9 Å². The molecule has 0 saturated heterocycles. The lowest BCUT2D eigenvalue weighted by Crippen LogP contribution is -2.00. The van der Waals surface area contributed by atoms with Crippen LogP contribution in [-0.2, 0) is 0 Å². The van der Waals surface area contributed by atoms with Gasteiger partial charge in [0.05, 0.1) is 11.2 Å². The zero-order chi connectivity index (χ0) is 25.3. The molecule has 7 aromatic rings. The molecule has 2 aromatic heterocycles. The average Bonchev–Trinajstić information content (AvgIpc) is 3.01. The molecular formula is C34H22N4. The van der Waals surface area contributed by atoms with E-state index in [0.29, 0.717) is 17.5 Å². The van der Waals surface area contributed by atoms with Gasteiger partial charge in [0.1, 0.15) is 0 Å². The van der Waals surface area contributed by atoms with Gasteiger partial charge in [0.15, 0.2) is 17.5 Å². The Labute approximate surface area is 220 Å². The van der Waals surface area contributed by atoms with E-state index >= 15 is 0 Å². The van der Waals surface area contributed by atoms with E-state index in [1.807, 2.05) is 66.7 Å². The summed E-state index contributed by atoms with van der Waals surface area (Å²) in [5, 5.41) is 3.50. The first-order valence-corrected chi connectivity index (χ1v) is 12.6. The van der Waals surface area contributed by atoms with Crippen molar-refractivity contribution in [3.05, 3.63) is 133 Å². The van der Waals surface area contributed by atoms with Gasteiger partial charge in [-0.15, -0.1) is 0 Å². The number of hydrogen-bond acceptors (Lipinski definition) is 4. The van der Waals surface area contributed by atoms with Gasteiger partial charge < -0.3 is 0 Å². The summed E-state index contributed by atoms with van der Waals surface area (Å²) in [6.45, 7) is 0. The smallest absolute Gasteiger partial charge is 0.164 e. The van der Waals surface area contributed by atoms with Crippen LogP contribution in [0.1, 0.15) is 0 Å². The molecule has 0 aliphatic carbocycles. The predicted molar refractivity (Wildman–Crippen MR) is 154 cm³/mol. The third kappa shape index (κ3) is 3.98. The Hall–Kier alpha value is -5.22. The summed E-state index contributed by atoms with van der Waals surface area (Å²) in [7, 11) is 0. The monoisotopic (exact) mass is 486 g/mol. The van der Waals surface area contributed by atoms with E-state index in [9.17, 15) is 0 Å². The van der Waals surface area contributed by atoms with Crippen molar-refractivity contribution >= 4 is 21.7 Å². The van der Waals surface area contributed by atoms with E-state index < -0.39 is 0 Å². The fourth-order valence-electron chi connectivity index (χ4n) is 4.84. The molecule has 0 aliphatic rings. The Balaban J connectivity index is 1.35. The van der Waals surface area contributed by atoms with Crippen LogP contribution in [0.4, 0.5) is 0 Å². The molecule has 0 radical (unpaired) electrons. The lowest BCUT2D eigenvalue weighted by molar-refractivity contribution is 1.07. The van der Waals surface area contributed by atoms with Crippen LogP contribution in [0.5, 0.6) is 0 Å². The molecule has 0 atom stereocenters. The highest BCUT2D eigenvalue weighted by atomic mass is 15.0. The molecule has 5 aromatic carbocycles. The molecule has 0 spiro atoms. The van der Waals surface area contributed by atoms with Crippen LogP contribution < -0.4 is 0 Å². The second-order valence-corrected chi connectivity index (χ2v) is 9.14. The Morgan fingerprint density at radius 2 is 0.711 bits per heavy atom. The molecule has 0 aliphatic heterocycles. The topological polar surface area (TPSA) is 51.6 Å². The van der Waals surface area contributed by atoms with Crippen molar-refractivity contribution in [1.82, 2.24) is 19.9 Å². The third-order valence-corrected chi connectivity index (χ3v) is 6.72. The third-order valence-electron chi connectivity index (χ3n) is 6.72. The standard InChI is InChI=1S/C34H22N4/c1-3-11-24(12-4-1)32-36-33(25-13-5-2-6-14-25)38-34(37-32)26-21-19-23(20-22-26)31-29-17-8-7-15-27(29)28-16-9-10-18-30(28)35-31/h1-22H. The van der Waals surface area contributed by atoms with Gasteiger partial charge in [-0.2, -0.15) is 0 Å². The molecular weight excluding hydrogens is 464 g/mol. The second-order valence-electron chi connectivity index (χ2n) is 9.14. The van der Waals surface area contributed by atoms with Crippen LogP contribution in [0.3, 0.4) is 0 Å². The number of pyridine rings is 1. The number of para-hydroxylation sites is 1. The minimum Gasteiger partial charge on any atom is -0.247 e. The highest BCUT2D eigenvalue weighted by Gasteiger charge is 2.14. The molecule has 0 amide bonds. The zero-order valence-corrected chi connectivity index (χ0v) is 20.5. The maximum Gasteiger partial charge on any atom is 0.164 e. The molecule has 0 saturated carbocycles. The van der Waals surface area contributed by atoms with Crippen molar-refractivity contribution in [2.45, 2.75) is 0 Å². The van der Waals surface area contributed by atoms with Gasteiger partial charge in [0, 0.05) is 33.0 Å². The van der Waals surface area contributed by atoms with Crippen molar-refractivity contribution in [1.29, 1.82) is 0 Å². The number of aromatic nitrogens is 4. The second kappa shape index (κ2) is 9.34. The normalized spacial score (nSPS) is 11.2. The number of benzene rings is 5. The van der Waals surface area contributed by atoms with Gasteiger partial charge in [-0.1, -0.05) is 127 Å². The largest absolute Gasteiger partial charge is 0.247 e. The molecule has 38 heavy (non-hydrogen) atoms. The number of fused-ring (bicyclic) bond motifs is 3. The SMILES string of the molecule is c1ccc(-c2nc(-c3ccccc3)nc(-c3ccc(-c4nc5ccccc5c5ccccc45)cc3)n2)cc1. The number of nitrogens with zero attached hydrogens (tertiary/aromatic N) is 4. The molecule has 0 N–H and O–H groups in total. The first-order valence-electron chi connectivity index (χ1n) is 12.6. The summed E-state index contributed by atoms with van der Waals surface area (Å²) in [5.74, 6) is 1.95. The van der Waals surface area contributed by atoms with Gasteiger partial charge in [-0.3, -0.25) is 0 Å². The Morgan fingerprint density at radius 1 is 0.289 bits per heavy atom. The molecule has 2 heterocycles. The van der Waals surface area contributed by atoms with E-state index in [1.54, 1.807) is 0 Å². The first-order chi connectivity index (χ1) is 18.8. The Kier molecular flexibility index (Phi) is 5.41. The van der Waals surface area contributed by atoms with Gasteiger partial charge >= 0.3 is 0 Å². The highest BCUT2D eigenvalue weighted by molar-refractivity contribution is 6.10. The molecule has 178 valence electrons. The van der Waals surface area contributed by atoms with Gasteiger partial charge in [0.25, 0.3) is 0 Å². The fraction of sp³-hybridized carbons (Fsp3) is 0. The summed E-state index contributed by atoms with van der Waals surface area (Å²) in [5.41, 5.74) is 5.85. The summed E-state index contributed by atoms with van der Waals surface area (Å²) >= 11 is 0. The van der Waals surface area contributed by atoms with Crippen molar-refractivity contribution in [2.75, 3.05) is 0 Å². The van der Waals surface area contributed by atoms with Gasteiger partial charge in [-0.05, 0) is 11.5 Å². The lowest BCUT2D eigenvalue weighted by Gasteiger charge is -2.11. The Bertz CT molecular complexity index is 1840. The zero-order valence-electron chi connectivity index (χ0n) is 20.5. The van der Waals surface area contributed by atoms with Crippen LogP contribution in [0.15, 0.2) is 133 Å². The molecule has 4 nitrogen and oxygen atoms in total. The van der Waals surface area contributed by atoms with Crippen LogP contribution in [0, 0.1) is 0 Å². The maximum absolute atomic E-state index is 5.04. The van der Waals surface area contributed by atoms with Gasteiger partial charge in [0.2, 0.25) is 0 Å². The Morgan fingerprint density at radius 3 is 1.29 bits per heavy atom. The summed E-state index contributed by atoms with van der Waals surface area (Å²) < 4.78 is 0. The minimum atomic E-state index is 0.639. The van der Waals surface area contributed by atoms with Crippen LogP contribution in [-0.4, -0.2) is 19.9 Å². The maximum atomic E-state index is 5.04. The number of hydrogen-bond donors (Lipinski definition) is 0. The van der Waals surface area contributed by atoms with Crippen LogP contribution >= 0.6 is 0 Å². The molecule has 7 rings (SSSR count). The lowest BCUT2D eigenvalue weighted by atomic mass is 9.99. The quantitative estimate of drug-likeness (QED) is 0.235. The van der Waals surface area contributed by atoms with E-state index in [-0.39, 0.29) is 0 Å². The molecule has 0 bridgehead atoms.